The van der Waals surface area contributed by atoms with E-state index in [0.717, 1.165) is 50.0 Å². The summed E-state index contributed by atoms with van der Waals surface area (Å²) in [4.78, 5) is 40.7. The van der Waals surface area contributed by atoms with Crippen LogP contribution in [0.4, 0.5) is 11.4 Å². The van der Waals surface area contributed by atoms with Gasteiger partial charge >= 0.3 is 5.69 Å². The molecule has 2 aromatic rings. The van der Waals surface area contributed by atoms with Gasteiger partial charge in [-0.2, -0.15) is 4.98 Å². The molecule has 1 aliphatic heterocycles. The number of ether oxygens (including phenoxy) is 1. The third-order valence-corrected chi connectivity index (χ3v) is 6.44. The normalized spacial score (nSPS) is 17.4. The minimum absolute atomic E-state index is 0.0849. The Morgan fingerprint density at radius 3 is 2.77 bits per heavy atom. The summed E-state index contributed by atoms with van der Waals surface area (Å²) in [5, 5.41) is 6.18. The highest BCUT2D eigenvalue weighted by Gasteiger charge is 2.25. The second kappa shape index (κ2) is 9.65. The molecule has 1 saturated heterocycles. The highest BCUT2D eigenvalue weighted by atomic mass is 32.2. The summed E-state index contributed by atoms with van der Waals surface area (Å²) in [6, 6.07) is 6.98. The fourth-order valence-electron chi connectivity index (χ4n) is 4.09. The second-order valence-corrected chi connectivity index (χ2v) is 8.79. The highest BCUT2D eigenvalue weighted by Crippen LogP contribution is 2.30. The maximum absolute atomic E-state index is 12.7. The predicted molar refractivity (Wildman–Crippen MR) is 120 cm³/mol. The lowest BCUT2D eigenvalue weighted by Gasteiger charge is -2.17. The second-order valence-electron chi connectivity index (χ2n) is 7.82. The zero-order valence-corrected chi connectivity index (χ0v) is 18.3. The molecule has 31 heavy (non-hydrogen) atoms. The first-order chi connectivity index (χ1) is 15.0. The number of benzene rings is 1. The number of carbonyl (C=O) groups excluding carboxylic acids is 2. The number of nitrogens with one attached hydrogen (secondary N) is 2. The van der Waals surface area contributed by atoms with Gasteiger partial charge in [-0.25, -0.2) is 4.79 Å². The molecule has 1 atom stereocenters. The van der Waals surface area contributed by atoms with E-state index in [1.165, 1.54) is 18.7 Å². The molecule has 1 fully saturated rings. The van der Waals surface area contributed by atoms with Gasteiger partial charge in [-0.15, -0.1) is 0 Å². The van der Waals surface area contributed by atoms with Crippen LogP contribution < -0.4 is 16.3 Å². The van der Waals surface area contributed by atoms with Crippen LogP contribution in [0, 0.1) is 0 Å². The molecule has 2 heterocycles. The number of hydrogen-bond donors (Lipinski definition) is 2. The number of aromatic nitrogens is 2. The van der Waals surface area contributed by atoms with Gasteiger partial charge in [0.25, 0.3) is 0 Å². The zero-order chi connectivity index (χ0) is 21.8. The first-order valence-corrected chi connectivity index (χ1v) is 11.5. The monoisotopic (exact) mass is 442 g/mol. The number of amides is 2. The number of anilines is 2. The SMILES string of the molecule is CC(=O)Nc1cccc(NC(=O)CSc2nc(=O)n(C[C@H]3CCCO3)c3c2CCC3)c1. The maximum atomic E-state index is 12.7. The van der Waals surface area contributed by atoms with Crippen LogP contribution in [0.1, 0.15) is 37.4 Å². The van der Waals surface area contributed by atoms with E-state index in [1.54, 1.807) is 28.8 Å². The summed E-state index contributed by atoms with van der Waals surface area (Å²) >= 11 is 1.30. The van der Waals surface area contributed by atoms with Crippen LogP contribution in [0.15, 0.2) is 34.1 Å². The quantitative estimate of drug-likeness (QED) is 0.505. The van der Waals surface area contributed by atoms with Crippen LogP contribution in [0.5, 0.6) is 0 Å². The van der Waals surface area contributed by atoms with Gasteiger partial charge < -0.3 is 15.4 Å². The fraction of sp³-hybridized carbons (Fsp3) is 0.455. The van der Waals surface area contributed by atoms with Gasteiger partial charge in [0, 0.05) is 36.2 Å². The number of rotatable bonds is 7. The maximum Gasteiger partial charge on any atom is 0.348 e. The van der Waals surface area contributed by atoms with Crippen molar-refractivity contribution in [3.05, 3.63) is 46.0 Å². The average Bonchev–Trinajstić information content (AvgIpc) is 3.40. The molecule has 2 amide bonds. The van der Waals surface area contributed by atoms with E-state index in [9.17, 15) is 14.4 Å². The minimum atomic E-state index is -0.262. The van der Waals surface area contributed by atoms with Crippen LogP contribution >= 0.6 is 11.8 Å². The lowest BCUT2D eigenvalue weighted by atomic mass is 10.2. The Morgan fingerprint density at radius 2 is 2.03 bits per heavy atom. The van der Waals surface area contributed by atoms with Crippen LogP contribution in [-0.4, -0.2) is 39.8 Å². The van der Waals surface area contributed by atoms with Crippen molar-refractivity contribution >= 4 is 35.0 Å². The van der Waals surface area contributed by atoms with Gasteiger partial charge in [-0.1, -0.05) is 17.8 Å². The Morgan fingerprint density at radius 1 is 1.23 bits per heavy atom. The molecule has 1 aliphatic carbocycles. The number of nitrogens with zero attached hydrogens (tertiary/aromatic N) is 2. The van der Waals surface area contributed by atoms with Crippen molar-refractivity contribution in [2.24, 2.45) is 0 Å². The molecule has 8 nitrogen and oxygen atoms in total. The zero-order valence-electron chi connectivity index (χ0n) is 17.5. The van der Waals surface area contributed by atoms with E-state index < -0.39 is 0 Å². The van der Waals surface area contributed by atoms with Crippen molar-refractivity contribution in [2.75, 3.05) is 23.0 Å². The minimum Gasteiger partial charge on any atom is -0.376 e. The summed E-state index contributed by atoms with van der Waals surface area (Å²) < 4.78 is 7.47. The van der Waals surface area contributed by atoms with Crippen molar-refractivity contribution < 1.29 is 14.3 Å². The third kappa shape index (κ3) is 5.34. The van der Waals surface area contributed by atoms with Crippen molar-refractivity contribution in [1.29, 1.82) is 0 Å². The largest absolute Gasteiger partial charge is 0.376 e. The molecule has 0 unspecified atom stereocenters. The molecule has 1 aromatic carbocycles. The van der Waals surface area contributed by atoms with Crippen molar-refractivity contribution in [1.82, 2.24) is 9.55 Å². The van der Waals surface area contributed by atoms with E-state index in [1.807, 2.05) is 0 Å². The van der Waals surface area contributed by atoms with Gasteiger partial charge in [0.15, 0.2) is 0 Å². The molecule has 0 bridgehead atoms. The lowest BCUT2D eigenvalue weighted by Crippen LogP contribution is -2.31. The lowest BCUT2D eigenvalue weighted by molar-refractivity contribution is -0.114. The molecule has 2 aliphatic rings. The van der Waals surface area contributed by atoms with E-state index in [4.69, 9.17) is 4.74 Å². The summed E-state index contributed by atoms with van der Waals surface area (Å²) in [7, 11) is 0. The van der Waals surface area contributed by atoms with E-state index in [0.29, 0.717) is 22.9 Å². The molecular weight excluding hydrogens is 416 g/mol. The van der Waals surface area contributed by atoms with Crippen molar-refractivity contribution in [2.45, 2.75) is 56.7 Å². The highest BCUT2D eigenvalue weighted by molar-refractivity contribution is 8.00. The van der Waals surface area contributed by atoms with Gasteiger partial charge in [0.05, 0.1) is 18.4 Å². The van der Waals surface area contributed by atoms with Crippen LogP contribution in [-0.2, 0) is 33.7 Å². The summed E-state index contributed by atoms with van der Waals surface area (Å²) in [6.45, 7) is 2.75. The number of thioether (sulfide) groups is 1. The van der Waals surface area contributed by atoms with E-state index in [2.05, 4.69) is 15.6 Å². The van der Waals surface area contributed by atoms with Gasteiger partial charge in [0.1, 0.15) is 5.03 Å². The Bertz CT molecular complexity index is 1050. The first-order valence-electron chi connectivity index (χ1n) is 10.5. The topological polar surface area (TPSA) is 102 Å². The Labute approximate surface area is 184 Å². The Kier molecular flexibility index (Phi) is 6.72. The summed E-state index contributed by atoms with van der Waals surface area (Å²) in [5.41, 5.74) is 3.08. The number of carbonyl (C=O) groups is 2. The third-order valence-electron chi connectivity index (χ3n) is 5.42. The van der Waals surface area contributed by atoms with Crippen LogP contribution in [0.25, 0.3) is 0 Å². The fourth-order valence-corrected chi connectivity index (χ4v) is 4.97. The number of fused-ring (bicyclic) bond motifs is 1. The smallest absolute Gasteiger partial charge is 0.348 e. The molecule has 1 aromatic heterocycles. The summed E-state index contributed by atoms with van der Waals surface area (Å²) in [6.07, 6.45) is 4.81. The van der Waals surface area contributed by atoms with Crippen molar-refractivity contribution in [3.63, 3.8) is 0 Å². The average molecular weight is 443 g/mol. The molecular formula is C22H26N4O4S. The molecule has 0 radical (unpaired) electrons. The van der Waals surface area contributed by atoms with Crippen LogP contribution in [0.2, 0.25) is 0 Å². The van der Waals surface area contributed by atoms with Crippen molar-refractivity contribution in [3.8, 4) is 0 Å². The Balaban J connectivity index is 1.42. The molecule has 9 heteroatoms. The molecule has 0 spiro atoms. The number of hydrogen-bond acceptors (Lipinski definition) is 6. The Hall–Kier alpha value is -2.65. The predicted octanol–water partition coefficient (Wildman–Crippen LogP) is 2.60. The van der Waals surface area contributed by atoms with E-state index >= 15 is 0 Å². The molecule has 2 N–H and O–H groups in total. The standard InChI is InChI=1S/C22H26N4O4S/c1-14(27)23-15-5-2-6-16(11-15)24-20(28)13-31-21-18-8-3-9-19(18)26(22(29)25-21)12-17-7-4-10-30-17/h2,5-6,11,17H,3-4,7-10,12-13H2,1H3,(H,23,27)(H,24,28)/t17-/m1/s1. The first kappa shape index (κ1) is 21.6. The summed E-state index contributed by atoms with van der Waals surface area (Å²) in [5.74, 6) is -0.214. The van der Waals surface area contributed by atoms with Gasteiger partial charge in [0.2, 0.25) is 11.8 Å². The van der Waals surface area contributed by atoms with Gasteiger partial charge in [-0.3, -0.25) is 14.2 Å². The van der Waals surface area contributed by atoms with E-state index in [-0.39, 0.29) is 29.4 Å². The molecule has 4 rings (SSSR count). The van der Waals surface area contributed by atoms with Crippen LogP contribution in [0.3, 0.4) is 0 Å². The molecule has 0 saturated carbocycles. The van der Waals surface area contributed by atoms with Gasteiger partial charge in [-0.05, 0) is 50.3 Å². The molecule has 164 valence electrons.